The SMILES string of the molecule is NCC1CCCN(Cc2cccc(N)c2)C1. The molecule has 16 heavy (non-hydrogen) atoms. The number of piperidine rings is 1. The fraction of sp³-hybridized carbons (Fsp3) is 0.538. The summed E-state index contributed by atoms with van der Waals surface area (Å²) in [7, 11) is 0. The van der Waals surface area contributed by atoms with Crippen LogP contribution in [-0.4, -0.2) is 24.5 Å². The van der Waals surface area contributed by atoms with Gasteiger partial charge in [-0.05, 0) is 49.5 Å². The highest BCUT2D eigenvalue weighted by atomic mass is 15.1. The Morgan fingerprint density at radius 3 is 3.00 bits per heavy atom. The van der Waals surface area contributed by atoms with Gasteiger partial charge in [0.25, 0.3) is 0 Å². The van der Waals surface area contributed by atoms with Crippen molar-refractivity contribution in [3.8, 4) is 0 Å². The third-order valence-electron chi connectivity index (χ3n) is 3.29. The van der Waals surface area contributed by atoms with Gasteiger partial charge in [-0.1, -0.05) is 12.1 Å². The standard InChI is InChI=1S/C13H21N3/c14-8-12-4-2-6-16(10-12)9-11-3-1-5-13(15)7-11/h1,3,5,7,12H,2,4,6,8-10,14-15H2. The molecule has 1 aromatic rings. The Morgan fingerprint density at radius 2 is 2.25 bits per heavy atom. The summed E-state index contributed by atoms with van der Waals surface area (Å²) in [6.45, 7) is 4.13. The molecule has 0 radical (unpaired) electrons. The maximum absolute atomic E-state index is 5.78. The monoisotopic (exact) mass is 219 g/mol. The van der Waals surface area contributed by atoms with E-state index in [1.165, 1.54) is 24.9 Å². The minimum Gasteiger partial charge on any atom is -0.399 e. The van der Waals surface area contributed by atoms with E-state index in [0.717, 1.165) is 25.3 Å². The number of nitrogens with zero attached hydrogens (tertiary/aromatic N) is 1. The summed E-state index contributed by atoms with van der Waals surface area (Å²) in [5.41, 5.74) is 13.7. The predicted molar refractivity (Wildman–Crippen MR) is 67.9 cm³/mol. The van der Waals surface area contributed by atoms with Crippen LogP contribution in [0.4, 0.5) is 5.69 Å². The van der Waals surface area contributed by atoms with E-state index in [1.54, 1.807) is 0 Å². The van der Waals surface area contributed by atoms with Crippen LogP contribution in [0.25, 0.3) is 0 Å². The normalized spacial score (nSPS) is 22.2. The van der Waals surface area contributed by atoms with Gasteiger partial charge in [-0.15, -0.1) is 0 Å². The van der Waals surface area contributed by atoms with E-state index in [2.05, 4.69) is 17.0 Å². The van der Waals surface area contributed by atoms with Gasteiger partial charge in [-0.3, -0.25) is 4.90 Å². The molecule has 3 heteroatoms. The molecule has 0 aromatic heterocycles. The molecule has 1 aliphatic heterocycles. The van der Waals surface area contributed by atoms with Crippen molar-refractivity contribution in [2.24, 2.45) is 11.7 Å². The summed E-state index contributed by atoms with van der Waals surface area (Å²) in [5, 5.41) is 0. The molecule has 1 heterocycles. The van der Waals surface area contributed by atoms with Crippen molar-refractivity contribution in [3.63, 3.8) is 0 Å². The number of benzene rings is 1. The van der Waals surface area contributed by atoms with E-state index >= 15 is 0 Å². The van der Waals surface area contributed by atoms with E-state index in [0.29, 0.717) is 5.92 Å². The zero-order valence-electron chi connectivity index (χ0n) is 9.73. The largest absolute Gasteiger partial charge is 0.399 e. The average Bonchev–Trinajstić information content (AvgIpc) is 2.29. The van der Waals surface area contributed by atoms with Crippen LogP contribution in [0.5, 0.6) is 0 Å². The van der Waals surface area contributed by atoms with Gasteiger partial charge in [-0.25, -0.2) is 0 Å². The first-order valence-electron chi connectivity index (χ1n) is 6.05. The second kappa shape index (κ2) is 5.32. The molecule has 1 aliphatic rings. The van der Waals surface area contributed by atoms with Crippen LogP contribution in [0, 0.1) is 5.92 Å². The van der Waals surface area contributed by atoms with Crippen LogP contribution in [0.3, 0.4) is 0 Å². The molecule has 0 aliphatic carbocycles. The number of anilines is 1. The Labute approximate surface area is 97.4 Å². The van der Waals surface area contributed by atoms with Gasteiger partial charge < -0.3 is 11.5 Å². The molecule has 1 unspecified atom stereocenters. The molecule has 3 nitrogen and oxygen atoms in total. The Hall–Kier alpha value is -1.06. The highest BCUT2D eigenvalue weighted by Crippen LogP contribution is 2.18. The van der Waals surface area contributed by atoms with Crippen LogP contribution in [-0.2, 0) is 6.54 Å². The highest BCUT2D eigenvalue weighted by molar-refractivity contribution is 5.40. The molecule has 1 saturated heterocycles. The molecule has 1 aromatic carbocycles. The Bertz CT molecular complexity index is 338. The lowest BCUT2D eigenvalue weighted by molar-refractivity contribution is 0.171. The molecule has 1 atom stereocenters. The molecule has 1 fully saturated rings. The topological polar surface area (TPSA) is 55.3 Å². The van der Waals surface area contributed by atoms with Gasteiger partial charge in [0, 0.05) is 18.8 Å². The van der Waals surface area contributed by atoms with Crippen molar-refractivity contribution >= 4 is 5.69 Å². The zero-order chi connectivity index (χ0) is 11.4. The van der Waals surface area contributed by atoms with Crippen molar-refractivity contribution in [1.29, 1.82) is 0 Å². The van der Waals surface area contributed by atoms with E-state index in [-0.39, 0.29) is 0 Å². The number of nitrogen functional groups attached to an aromatic ring is 1. The van der Waals surface area contributed by atoms with E-state index in [4.69, 9.17) is 11.5 Å². The molecule has 4 N–H and O–H groups in total. The molecule has 0 bridgehead atoms. The van der Waals surface area contributed by atoms with E-state index in [1.807, 2.05) is 12.1 Å². The fourth-order valence-electron chi connectivity index (χ4n) is 2.44. The van der Waals surface area contributed by atoms with Crippen molar-refractivity contribution in [2.75, 3.05) is 25.4 Å². The van der Waals surface area contributed by atoms with Crippen molar-refractivity contribution in [2.45, 2.75) is 19.4 Å². The summed E-state index contributed by atoms with van der Waals surface area (Å²) in [6, 6.07) is 8.16. The molecular formula is C13H21N3. The summed E-state index contributed by atoms with van der Waals surface area (Å²) in [6.07, 6.45) is 2.55. The third kappa shape index (κ3) is 2.97. The predicted octanol–water partition coefficient (Wildman–Crippen LogP) is 1.44. The van der Waals surface area contributed by atoms with Gasteiger partial charge >= 0.3 is 0 Å². The lowest BCUT2D eigenvalue weighted by atomic mass is 9.98. The van der Waals surface area contributed by atoms with Gasteiger partial charge in [0.15, 0.2) is 0 Å². The minimum atomic E-state index is 0.676. The second-order valence-corrected chi connectivity index (χ2v) is 4.72. The van der Waals surface area contributed by atoms with Crippen LogP contribution in [0.2, 0.25) is 0 Å². The van der Waals surface area contributed by atoms with Crippen molar-refractivity contribution in [1.82, 2.24) is 4.90 Å². The number of likely N-dealkylation sites (tertiary alicyclic amines) is 1. The summed E-state index contributed by atoms with van der Waals surface area (Å²) < 4.78 is 0. The van der Waals surface area contributed by atoms with Crippen LogP contribution in [0.1, 0.15) is 18.4 Å². The van der Waals surface area contributed by atoms with Crippen molar-refractivity contribution in [3.05, 3.63) is 29.8 Å². The summed E-state index contributed by atoms with van der Waals surface area (Å²) >= 11 is 0. The smallest absolute Gasteiger partial charge is 0.0317 e. The maximum atomic E-state index is 5.78. The second-order valence-electron chi connectivity index (χ2n) is 4.72. The van der Waals surface area contributed by atoms with Crippen molar-refractivity contribution < 1.29 is 0 Å². The third-order valence-corrected chi connectivity index (χ3v) is 3.29. The van der Waals surface area contributed by atoms with Crippen LogP contribution in [0.15, 0.2) is 24.3 Å². The lowest BCUT2D eigenvalue weighted by Gasteiger charge is -2.32. The Morgan fingerprint density at radius 1 is 1.38 bits per heavy atom. The van der Waals surface area contributed by atoms with E-state index in [9.17, 15) is 0 Å². The molecule has 0 spiro atoms. The van der Waals surface area contributed by atoms with E-state index < -0.39 is 0 Å². The number of hydrogen-bond donors (Lipinski definition) is 2. The van der Waals surface area contributed by atoms with Crippen LogP contribution < -0.4 is 11.5 Å². The Kier molecular flexibility index (Phi) is 3.80. The highest BCUT2D eigenvalue weighted by Gasteiger charge is 2.18. The maximum Gasteiger partial charge on any atom is 0.0317 e. The van der Waals surface area contributed by atoms with Crippen LogP contribution >= 0.6 is 0 Å². The van der Waals surface area contributed by atoms with Gasteiger partial charge in [0.1, 0.15) is 0 Å². The first-order chi connectivity index (χ1) is 7.78. The molecular weight excluding hydrogens is 198 g/mol. The van der Waals surface area contributed by atoms with Gasteiger partial charge in [0.05, 0.1) is 0 Å². The number of rotatable bonds is 3. The molecule has 0 saturated carbocycles. The number of hydrogen-bond acceptors (Lipinski definition) is 3. The minimum absolute atomic E-state index is 0.676. The van der Waals surface area contributed by atoms with Gasteiger partial charge in [0.2, 0.25) is 0 Å². The Balaban J connectivity index is 1.94. The zero-order valence-corrected chi connectivity index (χ0v) is 9.73. The summed E-state index contributed by atoms with van der Waals surface area (Å²) in [4.78, 5) is 2.48. The number of nitrogens with two attached hydrogens (primary N) is 2. The van der Waals surface area contributed by atoms with Gasteiger partial charge in [-0.2, -0.15) is 0 Å². The molecule has 88 valence electrons. The average molecular weight is 219 g/mol. The fourth-order valence-corrected chi connectivity index (χ4v) is 2.44. The first kappa shape index (κ1) is 11.4. The quantitative estimate of drug-likeness (QED) is 0.756. The molecule has 2 rings (SSSR count). The summed E-state index contributed by atoms with van der Waals surface area (Å²) in [5.74, 6) is 0.676. The first-order valence-corrected chi connectivity index (χ1v) is 6.05. The molecule has 0 amide bonds. The lowest BCUT2D eigenvalue weighted by Crippen LogP contribution is -2.37.